The third kappa shape index (κ3) is 2.74. The second-order valence-electron chi connectivity index (χ2n) is 4.87. The predicted molar refractivity (Wildman–Crippen MR) is 75.0 cm³/mol. The quantitative estimate of drug-likeness (QED) is 0.785. The lowest BCUT2D eigenvalue weighted by Gasteiger charge is -2.20. The fourth-order valence-corrected chi connectivity index (χ4v) is 2.51. The summed E-state index contributed by atoms with van der Waals surface area (Å²) in [6.45, 7) is 2.01. The van der Waals surface area contributed by atoms with Crippen LogP contribution in [0.4, 0.5) is 5.69 Å². The van der Waals surface area contributed by atoms with E-state index in [1.807, 2.05) is 0 Å². The molecular weight excluding hydrogens is 274 g/mol. The maximum absolute atomic E-state index is 12.1. The van der Waals surface area contributed by atoms with Gasteiger partial charge in [0.1, 0.15) is 0 Å². The molecule has 0 N–H and O–H groups in total. The molecule has 0 aliphatic carbocycles. The maximum Gasteiger partial charge on any atom is 0.338 e. The minimum absolute atomic E-state index is 0.120. The molecular formula is C15H17NO5. The van der Waals surface area contributed by atoms with Crippen molar-refractivity contribution in [3.63, 3.8) is 0 Å². The molecule has 0 spiro atoms. The van der Waals surface area contributed by atoms with Crippen LogP contribution in [0.5, 0.6) is 0 Å². The number of hydrogen-bond donors (Lipinski definition) is 0. The second kappa shape index (κ2) is 5.95. The van der Waals surface area contributed by atoms with Crippen molar-refractivity contribution in [2.45, 2.75) is 13.3 Å². The first kappa shape index (κ1) is 15.0. The van der Waals surface area contributed by atoms with Crippen molar-refractivity contribution in [3.8, 4) is 0 Å². The van der Waals surface area contributed by atoms with Gasteiger partial charge in [-0.05, 0) is 24.6 Å². The van der Waals surface area contributed by atoms with Crippen LogP contribution in [0.15, 0.2) is 18.2 Å². The van der Waals surface area contributed by atoms with Crippen molar-refractivity contribution < 1.29 is 23.9 Å². The van der Waals surface area contributed by atoms with Crippen molar-refractivity contribution in [3.05, 3.63) is 29.3 Å². The Labute approximate surface area is 122 Å². The van der Waals surface area contributed by atoms with Gasteiger partial charge in [-0.25, -0.2) is 4.79 Å². The summed E-state index contributed by atoms with van der Waals surface area (Å²) in [5.41, 5.74) is 1.68. The van der Waals surface area contributed by atoms with Crippen LogP contribution in [0.25, 0.3) is 0 Å². The predicted octanol–water partition coefficient (Wildman–Crippen LogP) is 1.31. The Bertz CT molecular complexity index is 596. The van der Waals surface area contributed by atoms with E-state index in [0.717, 1.165) is 0 Å². The first-order valence-electron chi connectivity index (χ1n) is 6.55. The van der Waals surface area contributed by atoms with Gasteiger partial charge < -0.3 is 14.4 Å². The third-order valence-corrected chi connectivity index (χ3v) is 3.66. The normalized spacial score (nSPS) is 17.8. The Hall–Kier alpha value is -2.37. The average Bonchev–Trinajstić information content (AvgIpc) is 2.87. The van der Waals surface area contributed by atoms with E-state index < -0.39 is 17.9 Å². The van der Waals surface area contributed by atoms with Gasteiger partial charge >= 0.3 is 11.9 Å². The van der Waals surface area contributed by atoms with Crippen molar-refractivity contribution in [2.75, 3.05) is 25.7 Å². The molecule has 6 heteroatoms. The molecule has 0 aromatic heterocycles. The summed E-state index contributed by atoms with van der Waals surface area (Å²) in [5, 5.41) is 0. The number of esters is 2. The van der Waals surface area contributed by atoms with Crippen LogP contribution in [0.1, 0.15) is 22.3 Å². The lowest BCUT2D eigenvalue weighted by Crippen LogP contribution is -2.27. The Morgan fingerprint density at radius 2 is 1.95 bits per heavy atom. The Balaban J connectivity index is 2.33. The number of ether oxygens (including phenoxy) is 2. The van der Waals surface area contributed by atoms with Crippen LogP contribution in [-0.2, 0) is 19.1 Å². The molecule has 1 amide bonds. The van der Waals surface area contributed by atoms with Gasteiger partial charge in [-0.2, -0.15) is 0 Å². The second-order valence-corrected chi connectivity index (χ2v) is 4.87. The number of rotatable bonds is 3. The molecule has 0 saturated carbocycles. The summed E-state index contributed by atoms with van der Waals surface area (Å²) >= 11 is 0. The third-order valence-electron chi connectivity index (χ3n) is 3.66. The summed E-state index contributed by atoms with van der Waals surface area (Å²) in [6, 6.07) is 5.08. The Morgan fingerprint density at radius 1 is 1.24 bits per heavy atom. The highest BCUT2D eigenvalue weighted by molar-refractivity contribution is 6.01. The SMILES string of the molecule is COC(=O)c1cccc(N2CC(C(=O)OC)CC2=O)c1C. The highest BCUT2D eigenvalue weighted by atomic mass is 16.5. The van der Waals surface area contributed by atoms with E-state index in [1.165, 1.54) is 19.1 Å². The summed E-state index contributed by atoms with van der Waals surface area (Å²) < 4.78 is 9.41. The summed E-state index contributed by atoms with van der Waals surface area (Å²) in [5.74, 6) is -1.47. The summed E-state index contributed by atoms with van der Waals surface area (Å²) in [7, 11) is 2.61. The number of nitrogens with zero attached hydrogens (tertiary/aromatic N) is 1. The highest BCUT2D eigenvalue weighted by Gasteiger charge is 2.36. The maximum atomic E-state index is 12.1. The minimum atomic E-state index is -0.469. The molecule has 1 aliphatic heterocycles. The van der Waals surface area contributed by atoms with Crippen molar-refractivity contribution in [1.29, 1.82) is 0 Å². The van der Waals surface area contributed by atoms with Gasteiger partial charge in [0.2, 0.25) is 5.91 Å². The fraction of sp³-hybridized carbons (Fsp3) is 0.400. The van der Waals surface area contributed by atoms with Crippen molar-refractivity contribution >= 4 is 23.5 Å². The molecule has 1 atom stereocenters. The lowest BCUT2D eigenvalue weighted by atomic mass is 10.1. The van der Waals surface area contributed by atoms with Crippen LogP contribution >= 0.6 is 0 Å². The largest absolute Gasteiger partial charge is 0.469 e. The molecule has 1 heterocycles. The molecule has 1 aliphatic rings. The van der Waals surface area contributed by atoms with Gasteiger partial charge in [0.25, 0.3) is 0 Å². The number of carbonyl (C=O) groups is 3. The van der Waals surface area contributed by atoms with Gasteiger partial charge in [0.05, 0.1) is 25.7 Å². The Morgan fingerprint density at radius 3 is 2.57 bits per heavy atom. The number of anilines is 1. The molecule has 1 aromatic rings. The smallest absolute Gasteiger partial charge is 0.338 e. The van der Waals surface area contributed by atoms with Gasteiger partial charge in [-0.3, -0.25) is 9.59 Å². The molecule has 1 saturated heterocycles. The number of methoxy groups -OCH3 is 2. The van der Waals surface area contributed by atoms with Gasteiger partial charge in [-0.15, -0.1) is 0 Å². The van der Waals surface area contributed by atoms with E-state index in [9.17, 15) is 14.4 Å². The molecule has 1 unspecified atom stereocenters. The number of carbonyl (C=O) groups excluding carboxylic acids is 3. The van der Waals surface area contributed by atoms with Crippen LogP contribution in [-0.4, -0.2) is 38.6 Å². The van der Waals surface area contributed by atoms with E-state index in [0.29, 0.717) is 16.8 Å². The topological polar surface area (TPSA) is 72.9 Å². The molecule has 0 radical (unpaired) electrons. The van der Waals surface area contributed by atoms with E-state index in [-0.39, 0.29) is 18.9 Å². The number of amides is 1. The van der Waals surface area contributed by atoms with Crippen LogP contribution in [0.3, 0.4) is 0 Å². The van der Waals surface area contributed by atoms with E-state index in [4.69, 9.17) is 4.74 Å². The van der Waals surface area contributed by atoms with Gasteiger partial charge in [0, 0.05) is 18.7 Å². The molecule has 6 nitrogen and oxygen atoms in total. The van der Waals surface area contributed by atoms with E-state index in [2.05, 4.69) is 4.74 Å². The van der Waals surface area contributed by atoms with Crippen LogP contribution in [0.2, 0.25) is 0 Å². The van der Waals surface area contributed by atoms with E-state index >= 15 is 0 Å². The zero-order chi connectivity index (χ0) is 15.6. The highest BCUT2D eigenvalue weighted by Crippen LogP contribution is 2.30. The van der Waals surface area contributed by atoms with Crippen molar-refractivity contribution in [2.24, 2.45) is 5.92 Å². The lowest BCUT2D eigenvalue weighted by molar-refractivity contribution is -0.145. The van der Waals surface area contributed by atoms with E-state index in [1.54, 1.807) is 25.1 Å². The first-order chi connectivity index (χ1) is 9.99. The number of hydrogen-bond acceptors (Lipinski definition) is 5. The minimum Gasteiger partial charge on any atom is -0.469 e. The Kier molecular flexibility index (Phi) is 4.26. The molecule has 21 heavy (non-hydrogen) atoms. The zero-order valence-corrected chi connectivity index (χ0v) is 12.2. The van der Waals surface area contributed by atoms with Gasteiger partial charge in [-0.1, -0.05) is 6.07 Å². The molecule has 0 bridgehead atoms. The summed E-state index contributed by atoms with van der Waals surface area (Å²) in [6.07, 6.45) is 0.120. The van der Waals surface area contributed by atoms with Crippen LogP contribution < -0.4 is 4.90 Å². The van der Waals surface area contributed by atoms with Gasteiger partial charge in [0.15, 0.2) is 0 Å². The van der Waals surface area contributed by atoms with Crippen LogP contribution in [0, 0.1) is 12.8 Å². The monoisotopic (exact) mass is 291 g/mol. The molecule has 1 fully saturated rings. The standard InChI is InChI=1S/C15H17NO5/c1-9-11(15(19)21-3)5-4-6-12(9)16-8-10(7-13(16)17)14(18)20-2/h4-6,10H,7-8H2,1-3H3. The molecule has 2 rings (SSSR count). The average molecular weight is 291 g/mol. The first-order valence-corrected chi connectivity index (χ1v) is 6.55. The molecule has 1 aromatic carbocycles. The molecule has 112 valence electrons. The summed E-state index contributed by atoms with van der Waals surface area (Å²) in [4.78, 5) is 36.9. The van der Waals surface area contributed by atoms with Crippen molar-refractivity contribution in [1.82, 2.24) is 0 Å². The zero-order valence-electron chi connectivity index (χ0n) is 12.2. The number of benzene rings is 1. The fourth-order valence-electron chi connectivity index (χ4n) is 2.51.